The number of carbonyl (C=O) groups excluding carboxylic acids is 2. The standard InChI is InChI=1S/C19H26N2O4/c1-14(19(23)21-10-8-20(9-11-21)15(2)22)25-18-5-3-16(4-6-18)17-7-12-24-13-17/h3-6,14,17H,7-13H2,1-2H3. The van der Waals surface area contributed by atoms with Crippen molar-refractivity contribution in [3.63, 3.8) is 0 Å². The molecular formula is C19H26N2O4. The highest BCUT2D eigenvalue weighted by atomic mass is 16.5. The molecule has 6 heteroatoms. The highest BCUT2D eigenvalue weighted by molar-refractivity contribution is 5.81. The molecule has 0 saturated carbocycles. The van der Waals surface area contributed by atoms with Crippen LogP contribution in [0.5, 0.6) is 5.75 Å². The van der Waals surface area contributed by atoms with E-state index in [4.69, 9.17) is 9.47 Å². The molecule has 2 fully saturated rings. The van der Waals surface area contributed by atoms with Gasteiger partial charge in [0, 0.05) is 45.6 Å². The van der Waals surface area contributed by atoms with Crippen LogP contribution >= 0.6 is 0 Å². The van der Waals surface area contributed by atoms with E-state index in [1.165, 1.54) is 5.56 Å². The van der Waals surface area contributed by atoms with E-state index in [-0.39, 0.29) is 11.8 Å². The van der Waals surface area contributed by atoms with Crippen molar-refractivity contribution in [1.29, 1.82) is 0 Å². The first kappa shape index (κ1) is 17.7. The number of rotatable bonds is 4. The lowest BCUT2D eigenvalue weighted by atomic mass is 9.99. The Balaban J connectivity index is 1.52. The number of amides is 2. The molecule has 25 heavy (non-hydrogen) atoms. The van der Waals surface area contributed by atoms with Crippen LogP contribution in [0.2, 0.25) is 0 Å². The predicted octanol–water partition coefficient (Wildman–Crippen LogP) is 1.65. The van der Waals surface area contributed by atoms with Crippen molar-refractivity contribution in [1.82, 2.24) is 9.80 Å². The predicted molar refractivity (Wildman–Crippen MR) is 93.5 cm³/mol. The third-order valence-corrected chi connectivity index (χ3v) is 4.98. The number of hydrogen-bond donors (Lipinski definition) is 0. The van der Waals surface area contributed by atoms with Crippen LogP contribution in [-0.4, -0.2) is 67.1 Å². The Kier molecular flexibility index (Phi) is 5.58. The normalized spacial score (nSPS) is 21.9. The molecule has 0 aliphatic carbocycles. The SMILES string of the molecule is CC(=O)N1CCN(C(=O)C(C)Oc2ccc(C3CCOC3)cc2)CC1. The minimum atomic E-state index is -0.537. The minimum Gasteiger partial charge on any atom is -0.481 e. The maximum atomic E-state index is 12.5. The van der Waals surface area contributed by atoms with E-state index in [9.17, 15) is 9.59 Å². The van der Waals surface area contributed by atoms with Crippen molar-refractivity contribution < 1.29 is 19.1 Å². The Morgan fingerprint density at radius 3 is 2.32 bits per heavy atom. The Hall–Kier alpha value is -2.08. The van der Waals surface area contributed by atoms with Crippen LogP contribution in [0.1, 0.15) is 31.7 Å². The Morgan fingerprint density at radius 2 is 1.76 bits per heavy atom. The minimum absolute atomic E-state index is 0.0310. The zero-order chi connectivity index (χ0) is 17.8. The summed E-state index contributed by atoms with van der Waals surface area (Å²) >= 11 is 0. The fourth-order valence-electron chi connectivity index (χ4n) is 3.37. The monoisotopic (exact) mass is 346 g/mol. The fraction of sp³-hybridized carbons (Fsp3) is 0.579. The van der Waals surface area contributed by atoms with Crippen molar-refractivity contribution in [2.45, 2.75) is 32.3 Å². The Bertz CT molecular complexity index is 602. The molecule has 2 aliphatic rings. The highest BCUT2D eigenvalue weighted by Crippen LogP contribution is 2.27. The van der Waals surface area contributed by atoms with Crippen LogP contribution in [0.4, 0.5) is 0 Å². The van der Waals surface area contributed by atoms with Crippen molar-refractivity contribution in [3.8, 4) is 5.75 Å². The summed E-state index contributed by atoms with van der Waals surface area (Å²) in [6.45, 7) is 7.24. The van der Waals surface area contributed by atoms with Gasteiger partial charge in [0.1, 0.15) is 5.75 Å². The lowest BCUT2D eigenvalue weighted by Crippen LogP contribution is -2.52. The zero-order valence-corrected chi connectivity index (χ0v) is 14.9. The van der Waals surface area contributed by atoms with Crippen LogP contribution in [0.15, 0.2) is 24.3 Å². The van der Waals surface area contributed by atoms with Gasteiger partial charge in [-0.25, -0.2) is 0 Å². The molecule has 2 aliphatic heterocycles. The van der Waals surface area contributed by atoms with Gasteiger partial charge in [0.15, 0.2) is 6.10 Å². The molecule has 136 valence electrons. The van der Waals surface area contributed by atoms with Crippen LogP contribution in [-0.2, 0) is 14.3 Å². The molecule has 3 rings (SSSR count). The second kappa shape index (κ2) is 7.87. The number of carbonyl (C=O) groups is 2. The summed E-state index contributed by atoms with van der Waals surface area (Å²) < 4.78 is 11.2. The van der Waals surface area contributed by atoms with E-state index < -0.39 is 6.10 Å². The van der Waals surface area contributed by atoms with Crippen molar-refractivity contribution in [3.05, 3.63) is 29.8 Å². The molecule has 1 aromatic rings. The quantitative estimate of drug-likeness (QED) is 0.832. The summed E-state index contributed by atoms with van der Waals surface area (Å²) in [5.41, 5.74) is 1.25. The molecule has 6 nitrogen and oxygen atoms in total. The average molecular weight is 346 g/mol. The summed E-state index contributed by atoms with van der Waals surface area (Å²) in [7, 11) is 0. The van der Waals surface area contributed by atoms with Crippen LogP contribution in [0, 0.1) is 0 Å². The summed E-state index contributed by atoms with van der Waals surface area (Å²) in [5, 5.41) is 0. The van der Waals surface area contributed by atoms with E-state index in [1.54, 1.807) is 23.6 Å². The van der Waals surface area contributed by atoms with E-state index in [0.717, 1.165) is 19.6 Å². The lowest BCUT2D eigenvalue weighted by Gasteiger charge is -2.35. The van der Waals surface area contributed by atoms with E-state index in [0.29, 0.717) is 37.8 Å². The molecular weight excluding hydrogens is 320 g/mol. The van der Waals surface area contributed by atoms with Crippen LogP contribution in [0.25, 0.3) is 0 Å². The third kappa shape index (κ3) is 4.31. The molecule has 0 bridgehead atoms. The number of nitrogens with zero attached hydrogens (tertiary/aromatic N) is 2. The molecule has 0 N–H and O–H groups in total. The molecule has 2 atom stereocenters. The van der Waals surface area contributed by atoms with Gasteiger partial charge in [-0.1, -0.05) is 12.1 Å². The van der Waals surface area contributed by atoms with E-state index in [1.807, 2.05) is 12.1 Å². The summed E-state index contributed by atoms with van der Waals surface area (Å²) in [4.78, 5) is 27.4. The van der Waals surface area contributed by atoms with Crippen molar-refractivity contribution >= 4 is 11.8 Å². The highest BCUT2D eigenvalue weighted by Gasteiger charge is 2.27. The van der Waals surface area contributed by atoms with Gasteiger partial charge in [-0.3, -0.25) is 9.59 Å². The molecule has 2 heterocycles. The van der Waals surface area contributed by atoms with Gasteiger partial charge in [0.2, 0.25) is 5.91 Å². The van der Waals surface area contributed by atoms with Crippen molar-refractivity contribution in [2.24, 2.45) is 0 Å². The average Bonchev–Trinajstić information content (AvgIpc) is 3.16. The Morgan fingerprint density at radius 1 is 1.12 bits per heavy atom. The van der Waals surface area contributed by atoms with Gasteiger partial charge in [-0.15, -0.1) is 0 Å². The number of hydrogen-bond acceptors (Lipinski definition) is 4. The first-order valence-electron chi connectivity index (χ1n) is 8.93. The van der Waals surface area contributed by atoms with Crippen LogP contribution < -0.4 is 4.74 Å². The van der Waals surface area contributed by atoms with Crippen molar-refractivity contribution in [2.75, 3.05) is 39.4 Å². The third-order valence-electron chi connectivity index (χ3n) is 4.98. The van der Waals surface area contributed by atoms with Gasteiger partial charge in [0.25, 0.3) is 5.91 Å². The Labute approximate surface area is 148 Å². The van der Waals surface area contributed by atoms with Gasteiger partial charge in [-0.05, 0) is 31.0 Å². The first-order chi connectivity index (χ1) is 12.0. The van der Waals surface area contributed by atoms with Crippen LogP contribution in [0.3, 0.4) is 0 Å². The second-order valence-corrected chi connectivity index (χ2v) is 6.72. The van der Waals surface area contributed by atoms with Gasteiger partial charge >= 0.3 is 0 Å². The molecule has 2 amide bonds. The number of benzene rings is 1. The summed E-state index contributed by atoms with van der Waals surface area (Å²) in [6, 6.07) is 7.95. The van der Waals surface area contributed by atoms with Gasteiger partial charge < -0.3 is 19.3 Å². The summed E-state index contributed by atoms with van der Waals surface area (Å²) in [5.74, 6) is 1.19. The number of piperazine rings is 1. The smallest absolute Gasteiger partial charge is 0.263 e. The fourth-order valence-corrected chi connectivity index (χ4v) is 3.37. The summed E-state index contributed by atoms with van der Waals surface area (Å²) in [6.07, 6.45) is 0.519. The molecule has 0 spiro atoms. The molecule has 1 aromatic carbocycles. The first-order valence-corrected chi connectivity index (χ1v) is 8.93. The largest absolute Gasteiger partial charge is 0.481 e. The molecule has 2 unspecified atom stereocenters. The zero-order valence-electron chi connectivity index (χ0n) is 14.9. The maximum absolute atomic E-state index is 12.5. The van der Waals surface area contributed by atoms with E-state index in [2.05, 4.69) is 12.1 Å². The topological polar surface area (TPSA) is 59.1 Å². The molecule has 2 saturated heterocycles. The number of ether oxygens (including phenoxy) is 2. The lowest BCUT2D eigenvalue weighted by molar-refractivity contribution is -0.143. The second-order valence-electron chi connectivity index (χ2n) is 6.72. The van der Waals surface area contributed by atoms with Gasteiger partial charge in [-0.2, -0.15) is 0 Å². The maximum Gasteiger partial charge on any atom is 0.263 e. The van der Waals surface area contributed by atoms with E-state index >= 15 is 0 Å². The van der Waals surface area contributed by atoms with Gasteiger partial charge in [0.05, 0.1) is 6.61 Å². The molecule has 0 aromatic heterocycles. The molecule has 0 radical (unpaired) electrons.